The van der Waals surface area contributed by atoms with Gasteiger partial charge in [-0.1, -0.05) is 37.3 Å². The van der Waals surface area contributed by atoms with Crippen molar-refractivity contribution in [2.45, 2.75) is 20.3 Å². The zero-order valence-electron chi connectivity index (χ0n) is 11.6. The van der Waals surface area contributed by atoms with Crippen LogP contribution in [0.4, 0.5) is 5.69 Å². The lowest BCUT2D eigenvalue weighted by molar-refractivity contribution is 0.332. The number of para-hydroxylation sites is 1. The average molecular weight is 255 g/mol. The van der Waals surface area contributed by atoms with Crippen LogP contribution in [0.25, 0.3) is 0 Å². The van der Waals surface area contributed by atoms with Gasteiger partial charge in [0, 0.05) is 12.2 Å². The highest BCUT2D eigenvalue weighted by atomic mass is 16.5. The minimum Gasteiger partial charge on any atom is -0.492 e. The number of nitrogens with one attached hydrogen (secondary N) is 1. The maximum atomic E-state index is 5.72. The fourth-order valence-electron chi connectivity index (χ4n) is 2.06. The van der Waals surface area contributed by atoms with Crippen LogP contribution in [0.5, 0.6) is 5.75 Å². The van der Waals surface area contributed by atoms with Crippen LogP contribution in [-0.4, -0.2) is 13.2 Å². The molecule has 19 heavy (non-hydrogen) atoms. The average Bonchev–Trinajstić information content (AvgIpc) is 2.44. The molecular weight excluding hydrogens is 234 g/mol. The Bertz CT molecular complexity index is 522. The zero-order chi connectivity index (χ0) is 13.5. The van der Waals surface area contributed by atoms with E-state index in [1.54, 1.807) is 0 Å². The van der Waals surface area contributed by atoms with E-state index >= 15 is 0 Å². The Morgan fingerprint density at radius 1 is 1.05 bits per heavy atom. The molecule has 0 saturated heterocycles. The van der Waals surface area contributed by atoms with Crippen molar-refractivity contribution in [1.29, 1.82) is 0 Å². The van der Waals surface area contributed by atoms with E-state index in [0.29, 0.717) is 6.61 Å². The fourth-order valence-corrected chi connectivity index (χ4v) is 2.06. The maximum absolute atomic E-state index is 5.72. The Kier molecular flexibility index (Phi) is 4.85. The van der Waals surface area contributed by atoms with E-state index in [2.05, 4.69) is 55.6 Å². The van der Waals surface area contributed by atoms with Crippen LogP contribution in [0.2, 0.25) is 0 Å². The molecule has 0 unspecified atom stereocenters. The highest BCUT2D eigenvalue weighted by molar-refractivity contribution is 5.50. The molecule has 2 nitrogen and oxygen atoms in total. The lowest BCUT2D eigenvalue weighted by Crippen LogP contribution is -2.12. The Labute approximate surface area is 115 Å². The summed E-state index contributed by atoms with van der Waals surface area (Å²) in [7, 11) is 0. The molecule has 0 aromatic heterocycles. The molecule has 2 rings (SSSR count). The van der Waals surface area contributed by atoms with E-state index in [-0.39, 0.29) is 0 Å². The molecule has 0 radical (unpaired) electrons. The molecule has 2 heteroatoms. The SMILES string of the molecule is CCc1ccccc1NCCOc1cccc(C)c1. The molecular formula is C17H21NO. The minimum atomic E-state index is 0.668. The van der Waals surface area contributed by atoms with Crippen LogP contribution in [0, 0.1) is 6.92 Å². The highest BCUT2D eigenvalue weighted by Crippen LogP contribution is 2.15. The lowest BCUT2D eigenvalue weighted by atomic mass is 10.1. The number of ether oxygens (including phenoxy) is 1. The van der Waals surface area contributed by atoms with Crippen molar-refractivity contribution in [3.63, 3.8) is 0 Å². The molecule has 0 saturated carbocycles. The molecule has 0 aliphatic carbocycles. The quantitative estimate of drug-likeness (QED) is 0.786. The summed E-state index contributed by atoms with van der Waals surface area (Å²) in [5.74, 6) is 0.936. The Hall–Kier alpha value is -1.96. The largest absolute Gasteiger partial charge is 0.492 e. The zero-order valence-corrected chi connectivity index (χ0v) is 11.6. The van der Waals surface area contributed by atoms with E-state index in [0.717, 1.165) is 18.7 Å². The van der Waals surface area contributed by atoms with Gasteiger partial charge in [-0.3, -0.25) is 0 Å². The van der Waals surface area contributed by atoms with Crippen molar-refractivity contribution in [1.82, 2.24) is 0 Å². The summed E-state index contributed by atoms with van der Waals surface area (Å²) in [6, 6.07) is 16.5. The molecule has 2 aromatic rings. The number of aryl methyl sites for hydroxylation is 2. The number of benzene rings is 2. The van der Waals surface area contributed by atoms with Gasteiger partial charge in [-0.05, 0) is 42.7 Å². The molecule has 1 N–H and O–H groups in total. The highest BCUT2D eigenvalue weighted by Gasteiger charge is 1.98. The van der Waals surface area contributed by atoms with Crippen molar-refractivity contribution in [3.8, 4) is 5.75 Å². The molecule has 0 fully saturated rings. The predicted octanol–water partition coefficient (Wildman–Crippen LogP) is 4.05. The molecule has 0 aliphatic rings. The fraction of sp³-hybridized carbons (Fsp3) is 0.294. The maximum Gasteiger partial charge on any atom is 0.119 e. The van der Waals surface area contributed by atoms with Gasteiger partial charge < -0.3 is 10.1 Å². The predicted molar refractivity (Wildman–Crippen MR) is 81.0 cm³/mol. The molecule has 2 aromatic carbocycles. The van der Waals surface area contributed by atoms with E-state index in [1.165, 1.54) is 16.8 Å². The summed E-state index contributed by atoms with van der Waals surface area (Å²) in [6.07, 6.45) is 1.04. The second-order valence-corrected chi connectivity index (χ2v) is 4.60. The first kappa shape index (κ1) is 13.5. The van der Waals surface area contributed by atoms with Gasteiger partial charge in [-0.15, -0.1) is 0 Å². The third-order valence-electron chi connectivity index (χ3n) is 3.07. The minimum absolute atomic E-state index is 0.668. The van der Waals surface area contributed by atoms with E-state index in [1.807, 2.05) is 12.1 Å². The summed E-state index contributed by atoms with van der Waals surface area (Å²) in [6.45, 7) is 5.72. The van der Waals surface area contributed by atoms with Gasteiger partial charge in [0.1, 0.15) is 12.4 Å². The van der Waals surface area contributed by atoms with Gasteiger partial charge in [0.2, 0.25) is 0 Å². The van der Waals surface area contributed by atoms with E-state index in [9.17, 15) is 0 Å². The molecule has 0 spiro atoms. The van der Waals surface area contributed by atoms with Crippen LogP contribution in [0.3, 0.4) is 0 Å². The Morgan fingerprint density at radius 3 is 2.68 bits per heavy atom. The van der Waals surface area contributed by atoms with Crippen molar-refractivity contribution in [2.75, 3.05) is 18.5 Å². The number of rotatable bonds is 6. The lowest BCUT2D eigenvalue weighted by Gasteiger charge is -2.11. The smallest absolute Gasteiger partial charge is 0.119 e. The molecule has 0 aliphatic heterocycles. The van der Waals surface area contributed by atoms with Crippen molar-refractivity contribution in [2.24, 2.45) is 0 Å². The third-order valence-corrected chi connectivity index (χ3v) is 3.07. The first-order valence-electron chi connectivity index (χ1n) is 6.81. The first-order chi connectivity index (χ1) is 9.29. The topological polar surface area (TPSA) is 21.3 Å². The van der Waals surface area contributed by atoms with Gasteiger partial charge in [-0.2, -0.15) is 0 Å². The van der Waals surface area contributed by atoms with Gasteiger partial charge >= 0.3 is 0 Å². The van der Waals surface area contributed by atoms with Crippen LogP contribution in [0.1, 0.15) is 18.1 Å². The summed E-state index contributed by atoms with van der Waals surface area (Å²) in [5, 5.41) is 3.42. The Balaban J connectivity index is 1.81. The summed E-state index contributed by atoms with van der Waals surface area (Å²) in [5.41, 5.74) is 3.78. The van der Waals surface area contributed by atoms with Gasteiger partial charge in [0.05, 0.1) is 0 Å². The van der Waals surface area contributed by atoms with Crippen molar-refractivity contribution < 1.29 is 4.74 Å². The normalized spacial score (nSPS) is 10.2. The molecule has 0 heterocycles. The van der Waals surface area contributed by atoms with Gasteiger partial charge in [0.15, 0.2) is 0 Å². The number of anilines is 1. The molecule has 0 atom stereocenters. The van der Waals surface area contributed by atoms with E-state index < -0.39 is 0 Å². The molecule has 100 valence electrons. The summed E-state index contributed by atoms with van der Waals surface area (Å²) < 4.78 is 5.72. The second-order valence-electron chi connectivity index (χ2n) is 4.60. The van der Waals surface area contributed by atoms with Gasteiger partial charge in [-0.25, -0.2) is 0 Å². The van der Waals surface area contributed by atoms with Crippen LogP contribution in [0.15, 0.2) is 48.5 Å². The monoisotopic (exact) mass is 255 g/mol. The first-order valence-corrected chi connectivity index (χ1v) is 6.81. The second kappa shape index (κ2) is 6.83. The number of hydrogen-bond donors (Lipinski definition) is 1. The standard InChI is InChI=1S/C17H21NO/c1-3-15-8-4-5-10-17(15)18-11-12-19-16-9-6-7-14(2)13-16/h4-10,13,18H,3,11-12H2,1-2H3. The Morgan fingerprint density at radius 2 is 1.89 bits per heavy atom. The molecule has 0 bridgehead atoms. The van der Waals surface area contributed by atoms with Crippen LogP contribution in [-0.2, 0) is 6.42 Å². The van der Waals surface area contributed by atoms with Crippen LogP contribution < -0.4 is 10.1 Å². The van der Waals surface area contributed by atoms with Crippen molar-refractivity contribution in [3.05, 3.63) is 59.7 Å². The van der Waals surface area contributed by atoms with E-state index in [4.69, 9.17) is 4.74 Å². The summed E-state index contributed by atoms with van der Waals surface area (Å²) >= 11 is 0. The van der Waals surface area contributed by atoms with Crippen LogP contribution >= 0.6 is 0 Å². The molecule has 0 amide bonds. The number of hydrogen-bond acceptors (Lipinski definition) is 2. The third kappa shape index (κ3) is 4.02. The van der Waals surface area contributed by atoms with Crippen molar-refractivity contribution >= 4 is 5.69 Å². The van der Waals surface area contributed by atoms with Gasteiger partial charge in [0.25, 0.3) is 0 Å². The summed E-state index contributed by atoms with van der Waals surface area (Å²) in [4.78, 5) is 0.